The molecule has 1 atom stereocenters. The van der Waals surface area contributed by atoms with Gasteiger partial charge in [-0.15, -0.1) is 0 Å². The lowest BCUT2D eigenvalue weighted by molar-refractivity contribution is 0.154. The van der Waals surface area contributed by atoms with Crippen LogP contribution >= 0.6 is 0 Å². The van der Waals surface area contributed by atoms with Gasteiger partial charge in [0.1, 0.15) is 17.3 Å². The number of nitrogens with zero attached hydrogens (tertiary/aromatic N) is 1. The van der Waals surface area contributed by atoms with E-state index < -0.39 is 11.6 Å². The number of likely N-dealkylation sites (N-methyl/N-ethyl adjacent to an activating group) is 1. The van der Waals surface area contributed by atoms with E-state index in [1.54, 1.807) is 14.0 Å². The normalized spacial score (nSPS) is 12.5. The molecule has 0 spiro atoms. The predicted molar refractivity (Wildman–Crippen MR) is 73.5 cm³/mol. The molecule has 0 fully saturated rings. The lowest BCUT2D eigenvalue weighted by Gasteiger charge is -2.21. The first-order valence-electron chi connectivity index (χ1n) is 6.48. The summed E-state index contributed by atoms with van der Waals surface area (Å²) in [7, 11) is 1.64. The predicted octanol–water partition coefficient (Wildman–Crippen LogP) is 2.33. The van der Waals surface area contributed by atoms with E-state index in [9.17, 15) is 8.78 Å². The molecular formula is C14H22F2N2O. The molecule has 19 heavy (non-hydrogen) atoms. The van der Waals surface area contributed by atoms with E-state index in [1.807, 2.05) is 6.92 Å². The highest BCUT2D eigenvalue weighted by atomic mass is 19.1. The molecule has 1 unspecified atom stereocenters. The highest BCUT2D eigenvalue weighted by Gasteiger charge is 2.15. The largest absolute Gasteiger partial charge is 0.380 e. The van der Waals surface area contributed by atoms with Gasteiger partial charge in [0.25, 0.3) is 0 Å². The fourth-order valence-electron chi connectivity index (χ4n) is 1.93. The molecule has 3 nitrogen and oxygen atoms in total. The van der Waals surface area contributed by atoms with E-state index in [1.165, 1.54) is 17.0 Å². The maximum atomic E-state index is 14.0. The van der Waals surface area contributed by atoms with E-state index in [-0.39, 0.29) is 11.7 Å². The summed E-state index contributed by atoms with van der Waals surface area (Å²) < 4.78 is 33.1. The van der Waals surface area contributed by atoms with E-state index in [0.717, 1.165) is 0 Å². The van der Waals surface area contributed by atoms with Crippen molar-refractivity contribution in [3.63, 3.8) is 0 Å². The van der Waals surface area contributed by atoms with Crippen LogP contribution in [0.5, 0.6) is 0 Å². The molecular weight excluding hydrogens is 250 g/mol. The van der Waals surface area contributed by atoms with E-state index >= 15 is 0 Å². The maximum Gasteiger partial charge on any atom is 0.149 e. The first-order chi connectivity index (χ1) is 8.95. The van der Waals surface area contributed by atoms with Gasteiger partial charge >= 0.3 is 0 Å². The second kappa shape index (κ2) is 7.40. The van der Waals surface area contributed by atoms with Crippen LogP contribution in [0.2, 0.25) is 0 Å². The van der Waals surface area contributed by atoms with Crippen molar-refractivity contribution in [1.29, 1.82) is 0 Å². The van der Waals surface area contributed by atoms with E-state index in [2.05, 4.69) is 0 Å². The summed E-state index contributed by atoms with van der Waals surface area (Å²) in [6.07, 6.45) is 0.455. The first-order valence-corrected chi connectivity index (χ1v) is 6.48. The molecule has 1 aromatic carbocycles. The molecule has 2 N–H and O–H groups in total. The van der Waals surface area contributed by atoms with Crippen LogP contribution in [0.1, 0.15) is 19.4 Å². The van der Waals surface area contributed by atoms with Crippen molar-refractivity contribution in [2.75, 3.05) is 31.7 Å². The third-order valence-corrected chi connectivity index (χ3v) is 2.79. The fraction of sp³-hybridized carbons (Fsp3) is 0.571. The molecule has 0 aliphatic heterocycles. The van der Waals surface area contributed by atoms with Crippen LogP contribution in [0.15, 0.2) is 12.1 Å². The van der Waals surface area contributed by atoms with Crippen LogP contribution in [0.3, 0.4) is 0 Å². The minimum absolute atomic E-state index is 0.0203. The number of anilines is 1. The molecule has 0 radical (unpaired) electrons. The Hall–Kier alpha value is -1.20. The Bertz CT molecular complexity index is 387. The van der Waals surface area contributed by atoms with Gasteiger partial charge in [0.2, 0.25) is 0 Å². The monoisotopic (exact) mass is 272 g/mol. The molecule has 0 heterocycles. The quantitative estimate of drug-likeness (QED) is 0.774. The van der Waals surface area contributed by atoms with Crippen molar-refractivity contribution in [2.45, 2.75) is 26.3 Å². The van der Waals surface area contributed by atoms with Gasteiger partial charge in [-0.05, 0) is 38.0 Å². The number of rotatable bonds is 7. The van der Waals surface area contributed by atoms with Gasteiger partial charge in [0, 0.05) is 26.2 Å². The zero-order chi connectivity index (χ0) is 14.4. The van der Waals surface area contributed by atoms with Gasteiger partial charge in [-0.25, -0.2) is 8.78 Å². The molecule has 1 aromatic rings. The minimum Gasteiger partial charge on any atom is -0.380 e. The van der Waals surface area contributed by atoms with Crippen molar-refractivity contribution in [3.8, 4) is 0 Å². The first kappa shape index (κ1) is 15.9. The van der Waals surface area contributed by atoms with Gasteiger partial charge in [-0.3, -0.25) is 0 Å². The summed E-state index contributed by atoms with van der Waals surface area (Å²) in [4.78, 5) is 1.52. The standard InChI is InChI=1S/C14H22F2N2O/c1-4-19-6-5-18(3)14-12(15)8-11(7-10(2)17)9-13(14)16/h8-10H,4-7,17H2,1-3H3. The van der Waals surface area contributed by atoms with E-state index in [4.69, 9.17) is 10.5 Å². The Morgan fingerprint density at radius 1 is 1.32 bits per heavy atom. The number of ether oxygens (including phenoxy) is 1. The SMILES string of the molecule is CCOCCN(C)c1c(F)cc(CC(C)N)cc1F. The number of nitrogens with two attached hydrogens (primary N) is 1. The molecule has 108 valence electrons. The summed E-state index contributed by atoms with van der Waals surface area (Å²) in [6, 6.07) is 2.57. The van der Waals surface area contributed by atoms with Crippen LogP contribution in [0.4, 0.5) is 14.5 Å². The van der Waals surface area contributed by atoms with Gasteiger partial charge in [-0.1, -0.05) is 0 Å². The van der Waals surface area contributed by atoms with Gasteiger partial charge in [-0.2, -0.15) is 0 Å². The second-order valence-electron chi connectivity index (χ2n) is 4.71. The Kier molecular flexibility index (Phi) is 6.18. The van der Waals surface area contributed by atoms with Crippen LogP contribution in [-0.4, -0.2) is 32.8 Å². The third kappa shape index (κ3) is 4.76. The third-order valence-electron chi connectivity index (χ3n) is 2.79. The number of benzene rings is 1. The molecule has 0 aromatic heterocycles. The lowest BCUT2D eigenvalue weighted by atomic mass is 10.1. The Morgan fingerprint density at radius 2 is 1.89 bits per heavy atom. The van der Waals surface area contributed by atoms with Gasteiger partial charge in [0.15, 0.2) is 0 Å². The number of halogens is 2. The summed E-state index contributed by atoms with van der Waals surface area (Å²) in [6.45, 7) is 5.15. The van der Waals surface area contributed by atoms with Crippen molar-refractivity contribution in [3.05, 3.63) is 29.3 Å². The second-order valence-corrected chi connectivity index (χ2v) is 4.71. The van der Waals surface area contributed by atoms with Crippen molar-refractivity contribution in [2.24, 2.45) is 5.73 Å². The molecule has 0 aliphatic carbocycles. The molecule has 0 amide bonds. The number of hydrogen-bond donors (Lipinski definition) is 1. The average Bonchev–Trinajstić information content (AvgIpc) is 2.27. The molecule has 0 saturated carbocycles. The maximum absolute atomic E-state index is 14.0. The summed E-state index contributed by atoms with van der Waals surface area (Å²) in [5.74, 6) is -1.12. The van der Waals surface area contributed by atoms with Crippen LogP contribution < -0.4 is 10.6 Å². The van der Waals surface area contributed by atoms with Crippen molar-refractivity contribution in [1.82, 2.24) is 0 Å². The van der Waals surface area contributed by atoms with E-state index in [0.29, 0.717) is 31.7 Å². The summed E-state index contributed by atoms with van der Waals surface area (Å²) in [5.41, 5.74) is 6.19. The topological polar surface area (TPSA) is 38.5 Å². The summed E-state index contributed by atoms with van der Waals surface area (Å²) >= 11 is 0. The Balaban J connectivity index is 2.84. The van der Waals surface area contributed by atoms with Crippen LogP contribution in [0, 0.1) is 11.6 Å². The zero-order valence-corrected chi connectivity index (χ0v) is 11.7. The van der Waals surface area contributed by atoms with Crippen molar-refractivity contribution < 1.29 is 13.5 Å². The molecule has 1 rings (SSSR count). The Morgan fingerprint density at radius 3 is 2.37 bits per heavy atom. The summed E-state index contributed by atoms with van der Waals surface area (Å²) in [5, 5.41) is 0. The molecule has 0 bridgehead atoms. The molecule has 0 aliphatic rings. The minimum atomic E-state index is -0.561. The van der Waals surface area contributed by atoms with Gasteiger partial charge in [0.05, 0.1) is 6.61 Å². The fourth-order valence-corrected chi connectivity index (χ4v) is 1.93. The highest BCUT2D eigenvalue weighted by molar-refractivity contribution is 5.50. The highest BCUT2D eigenvalue weighted by Crippen LogP contribution is 2.24. The smallest absolute Gasteiger partial charge is 0.149 e. The molecule has 5 heteroatoms. The van der Waals surface area contributed by atoms with Crippen LogP contribution in [-0.2, 0) is 11.2 Å². The van der Waals surface area contributed by atoms with Crippen LogP contribution in [0.25, 0.3) is 0 Å². The average molecular weight is 272 g/mol. The Labute approximate surface area is 113 Å². The van der Waals surface area contributed by atoms with Crippen molar-refractivity contribution >= 4 is 5.69 Å². The molecule has 0 saturated heterocycles. The zero-order valence-electron chi connectivity index (χ0n) is 11.7. The lowest BCUT2D eigenvalue weighted by Crippen LogP contribution is -2.25. The van der Waals surface area contributed by atoms with Gasteiger partial charge < -0.3 is 15.4 Å². The number of hydrogen-bond acceptors (Lipinski definition) is 3.